The van der Waals surface area contributed by atoms with Crippen LogP contribution >= 0.6 is 0 Å². The Morgan fingerprint density at radius 1 is 0.972 bits per heavy atom. The number of hydrogen-bond donors (Lipinski definition) is 0. The topological polar surface area (TPSA) is 32.8 Å². The molecule has 0 N–H and O–H groups in total. The second kappa shape index (κ2) is 17.2. The van der Waals surface area contributed by atoms with E-state index in [2.05, 4.69) is 79.3 Å². The Balaban J connectivity index is 0.000000360. The summed E-state index contributed by atoms with van der Waals surface area (Å²) in [6.07, 6.45) is 7.54. The summed E-state index contributed by atoms with van der Waals surface area (Å²) in [5.74, 6) is 2.15. The molecule has 0 bridgehead atoms. The van der Waals surface area contributed by atoms with Crippen LogP contribution in [0.2, 0.25) is 0 Å². The molecule has 4 heteroatoms. The molecule has 1 aliphatic heterocycles. The summed E-state index contributed by atoms with van der Waals surface area (Å²) in [4.78, 5) is 16.6. The molecule has 1 aliphatic rings. The Morgan fingerprint density at radius 2 is 1.56 bits per heavy atom. The predicted molar refractivity (Wildman–Crippen MR) is 156 cm³/mol. The summed E-state index contributed by atoms with van der Waals surface area (Å²) < 4.78 is 6.06. The maximum absolute atomic E-state index is 12.1. The Kier molecular flexibility index (Phi) is 15.6. The van der Waals surface area contributed by atoms with Crippen LogP contribution in [0.5, 0.6) is 0 Å². The molecular formula is C32H58N2O2. The molecule has 2 unspecified atom stereocenters. The van der Waals surface area contributed by atoms with Crippen molar-refractivity contribution in [2.24, 2.45) is 11.8 Å². The Bertz CT molecular complexity index is 701. The van der Waals surface area contributed by atoms with Gasteiger partial charge >= 0.3 is 0 Å². The summed E-state index contributed by atoms with van der Waals surface area (Å²) in [5, 5.41) is 0. The molecule has 0 spiro atoms. The second-order valence-corrected chi connectivity index (χ2v) is 12.1. The molecule has 0 aromatic heterocycles. The van der Waals surface area contributed by atoms with Crippen molar-refractivity contribution < 1.29 is 9.53 Å². The van der Waals surface area contributed by atoms with E-state index in [0.29, 0.717) is 24.1 Å². The van der Waals surface area contributed by atoms with Crippen LogP contribution < -0.4 is 0 Å². The number of nitrogens with zero attached hydrogens (tertiary/aromatic N) is 2. The number of piperidine rings is 1. The average Bonchev–Trinajstić information content (AvgIpc) is 2.81. The number of rotatable bonds is 12. The number of amides is 1. The van der Waals surface area contributed by atoms with Crippen molar-refractivity contribution in [3.63, 3.8) is 0 Å². The van der Waals surface area contributed by atoms with Crippen LogP contribution in [0.4, 0.5) is 0 Å². The number of carbonyl (C=O) groups excluding carboxylic acids is 1. The van der Waals surface area contributed by atoms with Gasteiger partial charge in [-0.25, -0.2) is 0 Å². The van der Waals surface area contributed by atoms with Gasteiger partial charge in [-0.1, -0.05) is 73.4 Å². The van der Waals surface area contributed by atoms with Crippen LogP contribution in [-0.4, -0.2) is 60.6 Å². The van der Waals surface area contributed by atoms with E-state index in [4.69, 9.17) is 4.74 Å². The minimum Gasteiger partial charge on any atom is -0.378 e. The molecule has 0 saturated carbocycles. The molecule has 208 valence electrons. The lowest BCUT2D eigenvalue weighted by Gasteiger charge is -2.43. The number of hydrogen-bond acceptors (Lipinski definition) is 3. The van der Waals surface area contributed by atoms with Gasteiger partial charge in [-0.3, -0.25) is 9.69 Å². The van der Waals surface area contributed by atoms with Crippen LogP contribution in [0, 0.1) is 11.8 Å². The SMILES string of the molecule is CC(C)CCOC1CC(C)N(CC(C)C)[C@@H](C)C1.CCCCCN(C)C(=O)c1ccc(C(C)C)cc1. The highest BCUT2D eigenvalue weighted by Crippen LogP contribution is 2.26. The monoisotopic (exact) mass is 502 g/mol. The molecular weight excluding hydrogens is 444 g/mol. The first-order valence-electron chi connectivity index (χ1n) is 14.7. The van der Waals surface area contributed by atoms with E-state index in [0.717, 1.165) is 37.0 Å². The van der Waals surface area contributed by atoms with Crippen LogP contribution in [0.25, 0.3) is 0 Å². The maximum Gasteiger partial charge on any atom is 0.253 e. The van der Waals surface area contributed by atoms with Crippen molar-refractivity contribution in [3.8, 4) is 0 Å². The second-order valence-electron chi connectivity index (χ2n) is 12.1. The van der Waals surface area contributed by atoms with Gasteiger partial charge < -0.3 is 9.64 Å². The lowest BCUT2D eigenvalue weighted by molar-refractivity contribution is -0.0394. The highest BCUT2D eigenvalue weighted by atomic mass is 16.5. The maximum atomic E-state index is 12.1. The molecule has 1 fully saturated rings. The van der Waals surface area contributed by atoms with E-state index in [1.54, 1.807) is 0 Å². The quantitative estimate of drug-likeness (QED) is 0.271. The number of likely N-dealkylation sites (tertiary alicyclic amines) is 1. The van der Waals surface area contributed by atoms with Crippen molar-refractivity contribution in [1.82, 2.24) is 9.80 Å². The van der Waals surface area contributed by atoms with Crippen molar-refractivity contribution in [3.05, 3.63) is 35.4 Å². The van der Waals surface area contributed by atoms with Crippen molar-refractivity contribution in [2.75, 3.05) is 26.7 Å². The zero-order chi connectivity index (χ0) is 27.3. The smallest absolute Gasteiger partial charge is 0.253 e. The summed E-state index contributed by atoms with van der Waals surface area (Å²) in [5.41, 5.74) is 2.07. The summed E-state index contributed by atoms with van der Waals surface area (Å²) in [6, 6.07) is 9.32. The minimum absolute atomic E-state index is 0.126. The van der Waals surface area contributed by atoms with Gasteiger partial charge in [-0.15, -0.1) is 0 Å². The normalized spacial score (nSPS) is 20.5. The van der Waals surface area contributed by atoms with E-state index in [1.165, 1.54) is 44.2 Å². The first-order valence-corrected chi connectivity index (χ1v) is 14.7. The molecule has 0 radical (unpaired) electrons. The fourth-order valence-electron chi connectivity index (χ4n) is 4.88. The molecule has 36 heavy (non-hydrogen) atoms. The van der Waals surface area contributed by atoms with Gasteiger partial charge in [0, 0.05) is 44.4 Å². The number of unbranched alkanes of at least 4 members (excludes halogenated alkanes) is 2. The standard InChI is InChI=1S/C16H33NO.C16H25NO/c1-12(2)7-8-18-16-9-14(5)17(11-13(3)4)15(6)10-16;1-5-6-7-12-17(4)16(18)15-10-8-14(9-11-15)13(2)3/h12-16H,7-11H2,1-6H3;8-11,13H,5-7,12H2,1-4H3/t14-,15?,16?;/m0./s1. The van der Waals surface area contributed by atoms with E-state index >= 15 is 0 Å². The minimum atomic E-state index is 0.126. The lowest BCUT2D eigenvalue weighted by atomic mass is 9.93. The van der Waals surface area contributed by atoms with Crippen LogP contribution in [-0.2, 0) is 4.74 Å². The Morgan fingerprint density at radius 3 is 2.03 bits per heavy atom. The fraction of sp³-hybridized carbons (Fsp3) is 0.781. The molecule has 3 atom stereocenters. The van der Waals surface area contributed by atoms with Crippen LogP contribution in [0.1, 0.15) is 123 Å². The Labute approximate surface area is 224 Å². The van der Waals surface area contributed by atoms with Crippen molar-refractivity contribution in [1.29, 1.82) is 0 Å². The van der Waals surface area contributed by atoms with Gasteiger partial charge in [0.05, 0.1) is 6.10 Å². The van der Waals surface area contributed by atoms with Crippen molar-refractivity contribution >= 4 is 5.91 Å². The highest BCUT2D eigenvalue weighted by molar-refractivity contribution is 5.94. The van der Waals surface area contributed by atoms with Gasteiger partial charge in [-0.2, -0.15) is 0 Å². The third kappa shape index (κ3) is 12.2. The van der Waals surface area contributed by atoms with E-state index in [1.807, 2.05) is 24.1 Å². The zero-order valence-electron chi connectivity index (χ0n) is 25.3. The summed E-state index contributed by atoms with van der Waals surface area (Å²) in [6.45, 7) is 23.4. The molecule has 1 aromatic carbocycles. The molecule has 1 amide bonds. The molecule has 2 rings (SSSR count). The number of benzene rings is 1. The Hall–Kier alpha value is -1.39. The van der Waals surface area contributed by atoms with E-state index in [9.17, 15) is 4.79 Å². The number of ether oxygens (including phenoxy) is 1. The van der Waals surface area contributed by atoms with Gasteiger partial charge in [0.1, 0.15) is 0 Å². The molecule has 1 aromatic rings. The third-order valence-electron chi connectivity index (χ3n) is 7.23. The van der Waals surface area contributed by atoms with Gasteiger partial charge in [0.25, 0.3) is 5.91 Å². The fourth-order valence-corrected chi connectivity index (χ4v) is 4.88. The van der Waals surface area contributed by atoms with Crippen LogP contribution in [0.15, 0.2) is 24.3 Å². The van der Waals surface area contributed by atoms with E-state index < -0.39 is 0 Å². The van der Waals surface area contributed by atoms with Crippen LogP contribution in [0.3, 0.4) is 0 Å². The van der Waals surface area contributed by atoms with Gasteiger partial charge in [0.15, 0.2) is 0 Å². The first kappa shape index (κ1) is 32.6. The third-order valence-corrected chi connectivity index (χ3v) is 7.23. The van der Waals surface area contributed by atoms with Gasteiger partial charge in [0.2, 0.25) is 0 Å². The average molecular weight is 503 g/mol. The predicted octanol–water partition coefficient (Wildman–Crippen LogP) is 8.02. The lowest BCUT2D eigenvalue weighted by Crippen LogP contribution is -2.50. The summed E-state index contributed by atoms with van der Waals surface area (Å²) in [7, 11) is 1.88. The van der Waals surface area contributed by atoms with E-state index in [-0.39, 0.29) is 5.91 Å². The molecule has 1 heterocycles. The zero-order valence-corrected chi connectivity index (χ0v) is 25.3. The van der Waals surface area contributed by atoms with Crippen molar-refractivity contribution in [2.45, 2.75) is 125 Å². The molecule has 1 saturated heterocycles. The number of carbonyl (C=O) groups is 1. The molecule has 4 nitrogen and oxygen atoms in total. The largest absolute Gasteiger partial charge is 0.378 e. The highest BCUT2D eigenvalue weighted by Gasteiger charge is 2.31. The molecule has 0 aliphatic carbocycles. The summed E-state index contributed by atoms with van der Waals surface area (Å²) >= 11 is 0. The first-order chi connectivity index (χ1) is 17.0. The van der Waals surface area contributed by atoms with Gasteiger partial charge in [-0.05, 0) is 75.0 Å².